The molecule has 2 heterocycles. The molecule has 2 aromatic carbocycles. The predicted molar refractivity (Wildman–Crippen MR) is 130 cm³/mol. The number of H-pyrrole nitrogens is 1. The summed E-state index contributed by atoms with van der Waals surface area (Å²) >= 11 is 13.4. The first-order chi connectivity index (χ1) is 15.2. The molecule has 0 spiro atoms. The average molecular weight is 490 g/mol. The Morgan fingerprint density at radius 1 is 1.12 bits per heavy atom. The first-order valence-electron chi connectivity index (χ1n) is 10.6. The van der Waals surface area contributed by atoms with Gasteiger partial charge < -0.3 is 4.90 Å². The summed E-state index contributed by atoms with van der Waals surface area (Å²) in [6.45, 7) is 6.04. The normalized spacial score (nSPS) is 23.7. The van der Waals surface area contributed by atoms with Gasteiger partial charge in [0.05, 0.1) is 11.5 Å². The Kier molecular flexibility index (Phi) is 6.48. The Bertz CT molecular complexity index is 1170. The van der Waals surface area contributed by atoms with Gasteiger partial charge in [0.15, 0.2) is 0 Å². The summed E-state index contributed by atoms with van der Waals surface area (Å²) in [5, 5.41) is 1.32. The summed E-state index contributed by atoms with van der Waals surface area (Å²) < 4.78 is 4.23. The highest BCUT2D eigenvalue weighted by Gasteiger charge is 2.50. The van der Waals surface area contributed by atoms with Crippen molar-refractivity contribution in [3.05, 3.63) is 85.2 Å². The second-order valence-corrected chi connectivity index (χ2v) is 10.6. The molecule has 1 aliphatic heterocycles. The summed E-state index contributed by atoms with van der Waals surface area (Å²) in [7, 11) is 0. The number of piperidine rings is 1. The van der Waals surface area contributed by atoms with Crippen LogP contribution in [0.4, 0.5) is 0 Å². The number of hydrogen-bond donors (Lipinski definition) is 1. The van der Waals surface area contributed by atoms with Gasteiger partial charge in [0.25, 0.3) is 0 Å². The van der Waals surface area contributed by atoms with Gasteiger partial charge in [0.2, 0.25) is 5.91 Å². The molecular formula is C24H25Cl2N3O2S. The lowest BCUT2D eigenvalue weighted by molar-refractivity contribution is -0.153. The highest BCUT2D eigenvalue weighted by Crippen LogP contribution is 2.51. The third kappa shape index (κ3) is 4.49. The molecule has 1 saturated heterocycles. The number of amides is 1. The van der Waals surface area contributed by atoms with E-state index in [-0.39, 0.29) is 28.8 Å². The van der Waals surface area contributed by atoms with Crippen molar-refractivity contribution in [2.24, 2.45) is 5.41 Å². The highest BCUT2D eigenvalue weighted by molar-refractivity contribution is 7.02. The van der Waals surface area contributed by atoms with Gasteiger partial charge in [-0.25, -0.2) is 0 Å². The summed E-state index contributed by atoms with van der Waals surface area (Å²) in [5.74, 6) is 0.610. The van der Waals surface area contributed by atoms with Crippen LogP contribution in [0.1, 0.15) is 56.1 Å². The number of likely N-dealkylation sites (tertiary alicyclic amines) is 1. The maximum atomic E-state index is 14.0. The Morgan fingerprint density at radius 3 is 2.44 bits per heavy atom. The van der Waals surface area contributed by atoms with Crippen molar-refractivity contribution >= 4 is 40.6 Å². The van der Waals surface area contributed by atoms with Crippen LogP contribution >= 0.6 is 34.7 Å². The fourth-order valence-electron chi connectivity index (χ4n) is 4.82. The minimum Gasteiger partial charge on any atom is -0.332 e. The third-order valence-corrected chi connectivity index (χ3v) is 7.26. The van der Waals surface area contributed by atoms with Gasteiger partial charge in [0, 0.05) is 40.0 Å². The fourth-order valence-corrected chi connectivity index (χ4v) is 5.61. The summed E-state index contributed by atoms with van der Waals surface area (Å²) in [5.41, 5.74) is 1.39. The van der Waals surface area contributed by atoms with Gasteiger partial charge in [-0.05, 0) is 55.7 Å². The Balaban J connectivity index is 1.85. The minimum absolute atomic E-state index is 0.00494. The van der Waals surface area contributed by atoms with Crippen LogP contribution in [0.5, 0.6) is 0 Å². The van der Waals surface area contributed by atoms with E-state index in [2.05, 4.69) is 15.4 Å². The number of carbonyl (C=O) groups is 1. The van der Waals surface area contributed by atoms with Crippen LogP contribution in [-0.4, -0.2) is 26.2 Å². The Morgan fingerprint density at radius 2 is 1.84 bits per heavy atom. The van der Waals surface area contributed by atoms with Gasteiger partial charge in [-0.2, -0.15) is 4.37 Å². The lowest BCUT2D eigenvalue weighted by Gasteiger charge is -2.51. The lowest BCUT2D eigenvalue weighted by atomic mass is 9.67. The SMILES string of the molecule is CC(C)N1C(=O)[C@](C)(Cc2nsc(=O)[nH]2)C[C@H](c2cccc(Cl)c2)[C@H]1c1ccc(Cl)cc1. The van der Waals surface area contributed by atoms with Crippen molar-refractivity contribution in [2.75, 3.05) is 0 Å². The molecule has 0 radical (unpaired) electrons. The monoisotopic (exact) mass is 489 g/mol. The lowest BCUT2D eigenvalue weighted by Crippen LogP contribution is -2.55. The first-order valence-corrected chi connectivity index (χ1v) is 12.1. The van der Waals surface area contributed by atoms with E-state index in [1.807, 2.05) is 68.1 Å². The number of aromatic nitrogens is 2. The molecule has 5 nitrogen and oxygen atoms in total. The second kappa shape index (κ2) is 9.00. The minimum atomic E-state index is -0.725. The van der Waals surface area contributed by atoms with Crippen molar-refractivity contribution in [1.29, 1.82) is 0 Å². The van der Waals surface area contributed by atoms with Gasteiger partial charge in [-0.1, -0.05) is 54.4 Å². The van der Waals surface area contributed by atoms with Crippen LogP contribution in [0.25, 0.3) is 0 Å². The van der Waals surface area contributed by atoms with Gasteiger partial charge >= 0.3 is 4.87 Å². The van der Waals surface area contributed by atoms with Crippen molar-refractivity contribution in [2.45, 2.75) is 51.6 Å². The molecule has 0 aliphatic carbocycles. The summed E-state index contributed by atoms with van der Waals surface area (Å²) in [6, 6.07) is 15.4. The van der Waals surface area contributed by atoms with Crippen LogP contribution in [-0.2, 0) is 11.2 Å². The van der Waals surface area contributed by atoms with Crippen molar-refractivity contribution in [1.82, 2.24) is 14.3 Å². The van der Waals surface area contributed by atoms with Crippen molar-refractivity contribution in [3.8, 4) is 0 Å². The maximum Gasteiger partial charge on any atom is 0.323 e. The molecule has 3 aromatic rings. The third-order valence-electron chi connectivity index (χ3n) is 6.19. The van der Waals surface area contributed by atoms with Crippen molar-refractivity contribution < 1.29 is 4.79 Å². The Hall–Kier alpha value is -2.15. The molecule has 1 aromatic heterocycles. The first kappa shape index (κ1) is 23.0. The molecule has 8 heteroatoms. The number of nitrogens with one attached hydrogen (secondary N) is 1. The number of rotatable bonds is 5. The van der Waals surface area contributed by atoms with E-state index in [1.54, 1.807) is 0 Å². The number of carbonyl (C=O) groups excluding carboxylic acids is 1. The average Bonchev–Trinajstić information content (AvgIpc) is 3.14. The number of halogens is 2. The zero-order valence-electron chi connectivity index (χ0n) is 18.1. The largest absolute Gasteiger partial charge is 0.332 e. The van der Waals surface area contributed by atoms with Crippen LogP contribution in [0, 0.1) is 5.41 Å². The van der Waals surface area contributed by atoms with Gasteiger partial charge in [-0.3, -0.25) is 14.6 Å². The number of aromatic amines is 1. The van der Waals surface area contributed by atoms with Crippen molar-refractivity contribution in [3.63, 3.8) is 0 Å². The molecule has 168 valence electrons. The summed E-state index contributed by atoms with van der Waals surface area (Å²) in [4.78, 5) is 30.1. The van der Waals surface area contributed by atoms with Gasteiger partial charge in [-0.15, -0.1) is 0 Å². The molecule has 1 fully saturated rings. The Labute approximate surface area is 201 Å². The molecule has 1 amide bonds. The predicted octanol–water partition coefficient (Wildman–Crippen LogP) is 5.85. The molecule has 32 heavy (non-hydrogen) atoms. The highest BCUT2D eigenvalue weighted by atomic mass is 35.5. The number of nitrogens with zero attached hydrogens (tertiary/aromatic N) is 2. The zero-order valence-corrected chi connectivity index (χ0v) is 20.5. The number of benzene rings is 2. The summed E-state index contributed by atoms with van der Waals surface area (Å²) in [6.07, 6.45) is 0.973. The zero-order chi connectivity index (χ0) is 23.0. The van der Waals surface area contributed by atoms with E-state index < -0.39 is 5.41 Å². The maximum absolute atomic E-state index is 14.0. The standard InChI is InChI=1S/C24H25Cl2N3O2S/c1-14(2)29-21(15-7-9-17(25)10-8-15)19(16-5-4-6-18(26)11-16)12-24(3,22(29)30)13-20-27-23(31)32-28-20/h4-11,14,19,21H,12-13H2,1-3H3,(H,27,28,31)/t19-,21-,24+/m1/s1. The molecule has 1 aliphatic rings. The van der Waals surface area contributed by atoms with E-state index in [0.29, 0.717) is 28.7 Å². The molecule has 4 rings (SSSR count). The van der Waals surface area contributed by atoms with Gasteiger partial charge in [0.1, 0.15) is 5.82 Å². The number of hydrogen-bond acceptors (Lipinski definition) is 4. The van der Waals surface area contributed by atoms with E-state index in [9.17, 15) is 9.59 Å². The second-order valence-electron chi connectivity index (χ2n) is 8.95. The van der Waals surface area contributed by atoms with Crippen LogP contribution < -0.4 is 4.87 Å². The molecule has 1 N–H and O–H groups in total. The van der Waals surface area contributed by atoms with Crippen LogP contribution in [0.2, 0.25) is 10.0 Å². The molecule has 0 bridgehead atoms. The fraction of sp³-hybridized carbons (Fsp3) is 0.375. The van der Waals surface area contributed by atoms with E-state index in [4.69, 9.17) is 23.2 Å². The smallest absolute Gasteiger partial charge is 0.323 e. The molecule has 0 unspecified atom stereocenters. The van der Waals surface area contributed by atoms with E-state index in [1.165, 1.54) is 0 Å². The molecule has 3 atom stereocenters. The topological polar surface area (TPSA) is 66.1 Å². The van der Waals surface area contributed by atoms with Crippen LogP contribution in [0.15, 0.2) is 53.3 Å². The molecular weight excluding hydrogens is 465 g/mol. The van der Waals surface area contributed by atoms with E-state index in [0.717, 1.165) is 22.7 Å². The van der Waals surface area contributed by atoms with E-state index >= 15 is 0 Å². The molecule has 0 saturated carbocycles. The van der Waals surface area contributed by atoms with Crippen LogP contribution in [0.3, 0.4) is 0 Å². The quantitative estimate of drug-likeness (QED) is 0.488.